The van der Waals surface area contributed by atoms with E-state index in [9.17, 15) is 14.4 Å². The first-order valence-corrected chi connectivity index (χ1v) is 10.3. The standard InChI is InChI=1S/C24H28N2O5/c1-24(2,3)31-23(29)26-13-12-19(16-8-6-5-7-9-16)21(26)20(27)14-18-11-10-17(15-25-18)22(28)30-4/h5-11,15,19,21H,12-14H2,1-4H3/t19-,21+/m1/s1. The second kappa shape index (κ2) is 9.29. The summed E-state index contributed by atoms with van der Waals surface area (Å²) in [5, 5.41) is 0. The van der Waals surface area contributed by atoms with Gasteiger partial charge in [0.1, 0.15) is 11.6 Å². The third kappa shape index (κ3) is 5.48. The van der Waals surface area contributed by atoms with Crippen LogP contribution in [0, 0.1) is 0 Å². The lowest BCUT2D eigenvalue weighted by atomic mass is 9.88. The van der Waals surface area contributed by atoms with Crippen LogP contribution in [0.2, 0.25) is 0 Å². The number of ether oxygens (including phenoxy) is 2. The number of carbonyl (C=O) groups excluding carboxylic acids is 3. The third-order valence-corrected chi connectivity index (χ3v) is 5.18. The number of pyridine rings is 1. The number of nitrogens with zero attached hydrogens (tertiary/aromatic N) is 2. The summed E-state index contributed by atoms with van der Waals surface area (Å²) in [6, 6.07) is 12.3. The van der Waals surface area contributed by atoms with Crippen LogP contribution in [0.1, 0.15) is 54.7 Å². The van der Waals surface area contributed by atoms with E-state index in [-0.39, 0.29) is 18.1 Å². The lowest BCUT2D eigenvalue weighted by Crippen LogP contribution is -2.45. The van der Waals surface area contributed by atoms with Crippen LogP contribution in [0.3, 0.4) is 0 Å². The number of methoxy groups -OCH3 is 1. The summed E-state index contributed by atoms with van der Waals surface area (Å²) in [6.07, 6.45) is 1.63. The van der Waals surface area contributed by atoms with E-state index in [1.807, 2.05) is 30.3 Å². The maximum absolute atomic E-state index is 13.4. The highest BCUT2D eigenvalue weighted by Gasteiger charge is 2.43. The molecular formula is C24H28N2O5. The molecule has 0 spiro atoms. The quantitative estimate of drug-likeness (QED) is 0.679. The van der Waals surface area contributed by atoms with Gasteiger partial charge < -0.3 is 9.47 Å². The number of rotatable bonds is 5. The van der Waals surface area contributed by atoms with Crippen LogP contribution < -0.4 is 0 Å². The summed E-state index contributed by atoms with van der Waals surface area (Å²) < 4.78 is 10.2. The Morgan fingerprint density at radius 2 is 1.81 bits per heavy atom. The topological polar surface area (TPSA) is 85.8 Å². The molecule has 3 rings (SSSR count). The molecule has 0 unspecified atom stereocenters. The fraction of sp³-hybridized carbons (Fsp3) is 0.417. The van der Waals surface area contributed by atoms with E-state index in [0.717, 1.165) is 5.56 Å². The van der Waals surface area contributed by atoms with E-state index < -0.39 is 23.7 Å². The van der Waals surface area contributed by atoms with Crippen molar-refractivity contribution in [1.82, 2.24) is 9.88 Å². The zero-order chi connectivity index (χ0) is 22.6. The van der Waals surface area contributed by atoms with E-state index in [2.05, 4.69) is 9.72 Å². The van der Waals surface area contributed by atoms with E-state index in [1.165, 1.54) is 18.2 Å². The van der Waals surface area contributed by atoms with Crippen molar-refractivity contribution in [3.63, 3.8) is 0 Å². The zero-order valence-corrected chi connectivity index (χ0v) is 18.3. The van der Waals surface area contributed by atoms with Gasteiger partial charge >= 0.3 is 12.1 Å². The maximum atomic E-state index is 13.4. The molecule has 1 aromatic carbocycles. The summed E-state index contributed by atoms with van der Waals surface area (Å²) in [7, 11) is 1.30. The van der Waals surface area contributed by atoms with Crippen molar-refractivity contribution in [3.05, 3.63) is 65.5 Å². The van der Waals surface area contributed by atoms with Crippen molar-refractivity contribution in [1.29, 1.82) is 0 Å². The van der Waals surface area contributed by atoms with Gasteiger partial charge in [0, 0.05) is 24.4 Å². The largest absolute Gasteiger partial charge is 0.465 e. The van der Waals surface area contributed by atoms with Gasteiger partial charge in [0.25, 0.3) is 0 Å². The smallest absolute Gasteiger partial charge is 0.410 e. The molecule has 31 heavy (non-hydrogen) atoms. The number of hydrogen-bond acceptors (Lipinski definition) is 6. The minimum Gasteiger partial charge on any atom is -0.465 e. The van der Waals surface area contributed by atoms with Gasteiger partial charge in [-0.2, -0.15) is 0 Å². The molecule has 2 atom stereocenters. The average Bonchev–Trinajstić information content (AvgIpc) is 3.19. The Morgan fingerprint density at radius 3 is 2.39 bits per heavy atom. The average molecular weight is 424 g/mol. The predicted molar refractivity (Wildman–Crippen MR) is 115 cm³/mol. The molecule has 2 heterocycles. The van der Waals surface area contributed by atoms with E-state index in [1.54, 1.807) is 32.9 Å². The summed E-state index contributed by atoms with van der Waals surface area (Å²) in [4.78, 5) is 43.6. The molecule has 164 valence electrons. The van der Waals surface area contributed by atoms with Crippen LogP contribution in [0.15, 0.2) is 48.7 Å². The predicted octanol–water partition coefficient (Wildman–Crippen LogP) is 3.77. The monoisotopic (exact) mass is 424 g/mol. The normalized spacial score (nSPS) is 18.5. The number of carbonyl (C=O) groups is 3. The van der Waals surface area contributed by atoms with E-state index >= 15 is 0 Å². The van der Waals surface area contributed by atoms with Gasteiger partial charge in [-0.3, -0.25) is 14.7 Å². The molecule has 0 saturated carbocycles. The molecule has 1 aliphatic rings. The second-order valence-electron chi connectivity index (χ2n) is 8.60. The van der Waals surface area contributed by atoms with Crippen LogP contribution in [0.5, 0.6) is 0 Å². The number of Topliss-reactive ketones (excluding diaryl/α,β-unsaturated/α-hetero) is 1. The minimum atomic E-state index is -0.652. The number of esters is 1. The number of aromatic nitrogens is 1. The number of benzene rings is 1. The lowest BCUT2D eigenvalue weighted by Gasteiger charge is -2.30. The second-order valence-corrected chi connectivity index (χ2v) is 8.60. The van der Waals surface area contributed by atoms with Crippen molar-refractivity contribution in [2.24, 2.45) is 0 Å². The van der Waals surface area contributed by atoms with Crippen molar-refractivity contribution < 1.29 is 23.9 Å². The van der Waals surface area contributed by atoms with Crippen molar-refractivity contribution in [3.8, 4) is 0 Å². The molecular weight excluding hydrogens is 396 g/mol. The van der Waals surface area contributed by atoms with Gasteiger partial charge in [-0.15, -0.1) is 0 Å². The Bertz CT molecular complexity index is 935. The summed E-state index contributed by atoms with van der Waals surface area (Å²) in [6.45, 7) is 5.86. The Hall–Kier alpha value is -3.22. The van der Waals surface area contributed by atoms with Gasteiger partial charge in [0.15, 0.2) is 5.78 Å². The van der Waals surface area contributed by atoms with Crippen molar-refractivity contribution in [2.75, 3.05) is 13.7 Å². The van der Waals surface area contributed by atoms with Crippen LogP contribution in [-0.4, -0.2) is 53.0 Å². The number of amides is 1. The molecule has 1 fully saturated rings. The summed E-state index contributed by atoms with van der Waals surface area (Å²) in [5.41, 5.74) is 1.21. The van der Waals surface area contributed by atoms with Crippen LogP contribution in [0.25, 0.3) is 0 Å². The molecule has 1 amide bonds. The molecule has 7 heteroatoms. The van der Waals surface area contributed by atoms with Crippen molar-refractivity contribution >= 4 is 17.8 Å². The van der Waals surface area contributed by atoms with Crippen LogP contribution >= 0.6 is 0 Å². The first-order valence-electron chi connectivity index (χ1n) is 10.3. The van der Waals surface area contributed by atoms with E-state index in [0.29, 0.717) is 24.2 Å². The number of hydrogen-bond donors (Lipinski definition) is 0. The highest BCUT2D eigenvalue weighted by Crippen LogP contribution is 2.35. The lowest BCUT2D eigenvalue weighted by molar-refractivity contribution is -0.123. The maximum Gasteiger partial charge on any atom is 0.410 e. The van der Waals surface area contributed by atoms with Crippen LogP contribution in [-0.2, 0) is 20.7 Å². The fourth-order valence-corrected chi connectivity index (χ4v) is 3.82. The molecule has 0 aliphatic carbocycles. The highest BCUT2D eigenvalue weighted by molar-refractivity contribution is 5.91. The third-order valence-electron chi connectivity index (χ3n) is 5.18. The molecule has 0 bridgehead atoms. The Kier molecular flexibility index (Phi) is 6.73. The van der Waals surface area contributed by atoms with Crippen LogP contribution in [0.4, 0.5) is 4.79 Å². The first-order chi connectivity index (χ1) is 14.7. The SMILES string of the molecule is COC(=O)c1ccc(CC(=O)[C@@H]2[C@@H](c3ccccc3)CCN2C(=O)OC(C)(C)C)nc1. The van der Waals surface area contributed by atoms with Gasteiger partial charge in [-0.05, 0) is 44.9 Å². The Morgan fingerprint density at radius 1 is 1.10 bits per heavy atom. The van der Waals surface area contributed by atoms with Gasteiger partial charge in [0.05, 0.1) is 19.1 Å². The molecule has 0 N–H and O–H groups in total. The zero-order valence-electron chi connectivity index (χ0n) is 18.3. The molecule has 0 radical (unpaired) electrons. The number of likely N-dealkylation sites (tertiary alicyclic amines) is 1. The van der Waals surface area contributed by atoms with Gasteiger partial charge in [-0.25, -0.2) is 9.59 Å². The Balaban J connectivity index is 1.84. The minimum absolute atomic E-state index is 0.0503. The van der Waals surface area contributed by atoms with Gasteiger partial charge in [-0.1, -0.05) is 30.3 Å². The molecule has 1 saturated heterocycles. The summed E-state index contributed by atoms with van der Waals surface area (Å²) in [5.74, 6) is -0.715. The molecule has 7 nitrogen and oxygen atoms in total. The molecule has 1 aromatic heterocycles. The fourth-order valence-electron chi connectivity index (χ4n) is 3.82. The van der Waals surface area contributed by atoms with E-state index in [4.69, 9.17) is 4.74 Å². The van der Waals surface area contributed by atoms with Gasteiger partial charge in [0.2, 0.25) is 0 Å². The molecule has 1 aliphatic heterocycles. The summed E-state index contributed by atoms with van der Waals surface area (Å²) >= 11 is 0. The van der Waals surface area contributed by atoms with Crippen molar-refractivity contribution in [2.45, 2.75) is 51.2 Å². The number of ketones is 1. The Labute approximate surface area is 182 Å². The first kappa shape index (κ1) is 22.5. The molecule has 2 aromatic rings. The highest BCUT2D eigenvalue weighted by atomic mass is 16.6.